The van der Waals surface area contributed by atoms with Gasteiger partial charge in [-0.05, 0) is 31.5 Å². The first kappa shape index (κ1) is 20.6. The Morgan fingerprint density at radius 3 is 2.84 bits per heavy atom. The number of nitrogens with one attached hydrogen (secondary N) is 2. The van der Waals surface area contributed by atoms with Crippen molar-refractivity contribution >= 4 is 29.2 Å². The van der Waals surface area contributed by atoms with Crippen LogP contribution in [0.1, 0.15) is 23.7 Å². The van der Waals surface area contributed by atoms with Crippen molar-refractivity contribution in [2.45, 2.75) is 33.0 Å². The van der Waals surface area contributed by atoms with E-state index in [9.17, 15) is 4.79 Å². The molecule has 0 saturated carbocycles. The number of pyridine rings is 1. The number of aromatic nitrogens is 5. The average Bonchev–Trinajstić information content (AvgIpc) is 3.19. The lowest BCUT2D eigenvalue weighted by Gasteiger charge is -2.32. The Morgan fingerprint density at radius 1 is 1.26 bits per heavy atom. The van der Waals surface area contributed by atoms with E-state index in [1.807, 2.05) is 74.1 Å². The number of amides is 1. The lowest BCUT2D eigenvalue weighted by atomic mass is 10.2. The summed E-state index contributed by atoms with van der Waals surface area (Å²) in [5, 5.41) is 10.6. The van der Waals surface area contributed by atoms with Gasteiger partial charge in [0.25, 0.3) is 0 Å². The summed E-state index contributed by atoms with van der Waals surface area (Å²) in [5.41, 5.74) is 3.55. The summed E-state index contributed by atoms with van der Waals surface area (Å²) >= 11 is 0. The van der Waals surface area contributed by atoms with Gasteiger partial charge in [0.15, 0.2) is 5.82 Å². The third-order valence-corrected chi connectivity index (χ3v) is 5.36. The highest BCUT2D eigenvalue weighted by Crippen LogP contribution is 2.32. The zero-order valence-corrected chi connectivity index (χ0v) is 18.4. The zero-order chi connectivity index (χ0) is 22.1. The molecule has 1 aliphatic heterocycles. The van der Waals surface area contributed by atoms with E-state index in [0.29, 0.717) is 30.5 Å². The molecule has 31 heavy (non-hydrogen) atoms. The van der Waals surface area contributed by atoms with E-state index in [2.05, 4.69) is 36.8 Å². The van der Waals surface area contributed by atoms with E-state index >= 15 is 0 Å². The van der Waals surface area contributed by atoms with Crippen molar-refractivity contribution in [2.24, 2.45) is 0 Å². The molecule has 0 radical (unpaired) electrons. The normalized spacial score (nSPS) is 15.5. The second-order valence-corrected chi connectivity index (χ2v) is 7.92. The summed E-state index contributed by atoms with van der Waals surface area (Å²) in [6.07, 6.45) is 5.65. The molecule has 162 valence electrons. The average molecular weight is 422 g/mol. The van der Waals surface area contributed by atoms with Crippen LogP contribution in [0.5, 0.6) is 0 Å². The number of aryl methyl sites for hydroxylation is 1. The topological polar surface area (TPSA) is 104 Å². The standard InChI is InChI=1S/C21H27N9O/c1-13-18-19(29(5)14(2)20(31)26-18)27-21(25-13)23-9-16-10-24-30(12-16)11-15-6-7-22-17(8-15)28(3)4/h6-8,10,12,14H,9,11H2,1-5H3,(H,26,31)(H,23,25,27)/t14-/m0/s1. The monoisotopic (exact) mass is 421 g/mol. The fraction of sp³-hybridized carbons (Fsp3) is 0.381. The van der Waals surface area contributed by atoms with E-state index in [-0.39, 0.29) is 11.9 Å². The first-order valence-electron chi connectivity index (χ1n) is 10.1. The van der Waals surface area contributed by atoms with Crippen molar-refractivity contribution in [1.29, 1.82) is 0 Å². The molecule has 10 nitrogen and oxygen atoms in total. The van der Waals surface area contributed by atoms with Crippen molar-refractivity contribution < 1.29 is 4.79 Å². The van der Waals surface area contributed by atoms with E-state index in [4.69, 9.17) is 0 Å². The Hall–Kier alpha value is -3.69. The predicted octanol–water partition coefficient (Wildman–Crippen LogP) is 1.88. The molecule has 0 unspecified atom stereocenters. The molecule has 0 bridgehead atoms. The molecule has 3 aromatic heterocycles. The Balaban J connectivity index is 1.44. The lowest BCUT2D eigenvalue weighted by molar-refractivity contribution is -0.117. The van der Waals surface area contributed by atoms with Gasteiger partial charge >= 0.3 is 0 Å². The van der Waals surface area contributed by atoms with Crippen LogP contribution in [0.25, 0.3) is 0 Å². The second-order valence-electron chi connectivity index (χ2n) is 7.92. The molecule has 0 aromatic carbocycles. The maximum absolute atomic E-state index is 12.1. The molecular weight excluding hydrogens is 394 g/mol. The minimum Gasteiger partial charge on any atom is -0.363 e. The Labute approximate surface area is 181 Å². The van der Waals surface area contributed by atoms with Crippen molar-refractivity contribution in [1.82, 2.24) is 24.7 Å². The van der Waals surface area contributed by atoms with E-state index < -0.39 is 0 Å². The summed E-state index contributed by atoms with van der Waals surface area (Å²) in [4.78, 5) is 29.3. The Kier molecular flexibility index (Phi) is 5.45. The summed E-state index contributed by atoms with van der Waals surface area (Å²) in [6.45, 7) is 4.93. The molecular formula is C21H27N9O. The summed E-state index contributed by atoms with van der Waals surface area (Å²) < 4.78 is 1.90. The van der Waals surface area contributed by atoms with Crippen molar-refractivity contribution in [2.75, 3.05) is 41.6 Å². The summed E-state index contributed by atoms with van der Waals surface area (Å²) in [6, 6.07) is 3.76. The second kappa shape index (κ2) is 8.21. The third kappa shape index (κ3) is 4.27. The molecule has 4 rings (SSSR count). The molecule has 0 fully saturated rings. The lowest BCUT2D eigenvalue weighted by Crippen LogP contribution is -2.44. The minimum absolute atomic E-state index is 0.0540. The molecule has 4 heterocycles. The molecule has 1 aliphatic rings. The van der Waals surface area contributed by atoms with E-state index in [1.165, 1.54) is 0 Å². The van der Waals surface area contributed by atoms with Gasteiger partial charge in [0.05, 0.1) is 18.4 Å². The van der Waals surface area contributed by atoms with Gasteiger partial charge in [0.1, 0.15) is 17.5 Å². The first-order chi connectivity index (χ1) is 14.8. The van der Waals surface area contributed by atoms with Gasteiger partial charge in [0, 0.05) is 45.6 Å². The highest BCUT2D eigenvalue weighted by Gasteiger charge is 2.30. The number of anilines is 4. The largest absolute Gasteiger partial charge is 0.363 e. The molecule has 10 heteroatoms. The summed E-state index contributed by atoms with van der Waals surface area (Å²) in [5.74, 6) is 2.10. The van der Waals surface area contributed by atoms with Crippen LogP contribution in [0.3, 0.4) is 0 Å². The highest BCUT2D eigenvalue weighted by atomic mass is 16.2. The molecule has 1 amide bonds. The van der Waals surface area contributed by atoms with Gasteiger partial charge in [-0.2, -0.15) is 10.1 Å². The first-order valence-corrected chi connectivity index (χ1v) is 10.1. The number of rotatable bonds is 6. The Bertz CT molecular complexity index is 1110. The maximum Gasteiger partial charge on any atom is 0.246 e. The zero-order valence-electron chi connectivity index (χ0n) is 18.4. The number of hydrogen-bond acceptors (Lipinski definition) is 8. The van der Waals surface area contributed by atoms with Gasteiger partial charge in [-0.15, -0.1) is 0 Å². The van der Waals surface area contributed by atoms with Crippen LogP contribution in [-0.2, 0) is 17.9 Å². The van der Waals surface area contributed by atoms with Gasteiger partial charge in [-0.1, -0.05) is 0 Å². The smallest absolute Gasteiger partial charge is 0.246 e. The molecule has 0 aliphatic carbocycles. The van der Waals surface area contributed by atoms with Gasteiger partial charge < -0.3 is 20.4 Å². The number of carbonyl (C=O) groups is 1. The fourth-order valence-electron chi connectivity index (χ4n) is 3.38. The fourth-order valence-corrected chi connectivity index (χ4v) is 3.38. The van der Waals surface area contributed by atoms with Crippen LogP contribution in [0.2, 0.25) is 0 Å². The van der Waals surface area contributed by atoms with Crippen LogP contribution >= 0.6 is 0 Å². The van der Waals surface area contributed by atoms with Crippen LogP contribution in [0.4, 0.5) is 23.3 Å². The van der Waals surface area contributed by atoms with Gasteiger partial charge in [0.2, 0.25) is 11.9 Å². The number of hydrogen-bond donors (Lipinski definition) is 2. The number of fused-ring (bicyclic) bond motifs is 1. The van der Waals surface area contributed by atoms with Crippen LogP contribution in [-0.4, -0.2) is 57.8 Å². The van der Waals surface area contributed by atoms with Crippen molar-refractivity contribution in [3.63, 3.8) is 0 Å². The number of nitrogens with zero attached hydrogens (tertiary/aromatic N) is 7. The number of carbonyl (C=O) groups excluding carboxylic acids is 1. The van der Waals surface area contributed by atoms with Crippen molar-refractivity contribution in [3.8, 4) is 0 Å². The molecule has 3 aromatic rings. The van der Waals surface area contributed by atoms with Gasteiger partial charge in [-0.25, -0.2) is 9.97 Å². The molecule has 1 atom stereocenters. The minimum atomic E-state index is -0.283. The quantitative estimate of drug-likeness (QED) is 0.622. The Morgan fingerprint density at radius 2 is 2.06 bits per heavy atom. The van der Waals surface area contributed by atoms with Crippen molar-refractivity contribution in [3.05, 3.63) is 47.5 Å². The van der Waals surface area contributed by atoms with Crippen LogP contribution in [0.15, 0.2) is 30.7 Å². The SMILES string of the molecule is Cc1nc(NCc2cnn(Cc3ccnc(N(C)C)c3)c2)nc2c1NC(=O)[C@H](C)N2C. The van der Waals surface area contributed by atoms with Crippen LogP contribution in [0, 0.1) is 6.92 Å². The summed E-state index contributed by atoms with van der Waals surface area (Å²) in [7, 11) is 5.81. The third-order valence-electron chi connectivity index (χ3n) is 5.36. The molecule has 0 saturated heterocycles. The highest BCUT2D eigenvalue weighted by molar-refractivity contribution is 6.03. The van der Waals surface area contributed by atoms with E-state index in [1.54, 1.807) is 0 Å². The van der Waals surface area contributed by atoms with Gasteiger partial charge in [-0.3, -0.25) is 9.48 Å². The van der Waals surface area contributed by atoms with Crippen LogP contribution < -0.4 is 20.4 Å². The maximum atomic E-state index is 12.1. The van der Waals surface area contributed by atoms with E-state index in [0.717, 1.165) is 22.6 Å². The number of likely N-dealkylation sites (N-methyl/N-ethyl adjacent to an activating group) is 1. The molecule has 0 spiro atoms. The molecule has 2 N–H and O–H groups in total. The predicted molar refractivity (Wildman–Crippen MR) is 120 cm³/mol.